The summed E-state index contributed by atoms with van der Waals surface area (Å²) in [6, 6.07) is 0. The molecule has 0 spiro atoms. The number of carbonyl (C=O) groups is 2. The van der Waals surface area contributed by atoms with Gasteiger partial charge in [-0.05, 0) is 109 Å². The monoisotopic (exact) mass is 1300 g/mol. The first-order chi connectivity index (χ1) is 46.6. The van der Waals surface area contributed by atoms with E-state index in [1.54, 1.807) is 0 Å². The van der Waals surface area contributed by atoms with Crippen molar-refractivity contribution in [1.29, 1.82) is 0 Å². The number of hydrogen-bond donors (Lipinski definition) is 1. The molecule has 0 amide bonds. The van der Waals surface area contributed by atoms with Crippen LogP contribution in [0.1, 0.15) is 399 Å². The highest BCUT2D eigenvalue weighted by molar-refractivity contribution is 5.70. The quantitative estimate of drug-likeness (QED) is 0.0373. The zero-order valence-electron chi connectivity index (χ0n) is 62.2. The Labute approximate surface area is 585 Å². The molecular formula is C89H154O5. The first-order valence-electron chi connectivity index (χ1n) is 40.7. The van der Waals surface area contributed by atoms with E-state index < -0.39 is 6.10 Å². The molecule has 1 atom stereocenters. The van der Waals surface area contributed by atoms with Gasteiger partial charge in [0.05, 0.1) is 6.61 Å². The second-order valence-corrected chi connectivity index (χ2v) is 27.1. The molecule has 1 unspecified atom stereocenters. The summed E-state index contributed by atoms with van der Waals surface area (Å²) in [6.45, 7) is 3.95. The Balaban J connectivity index is 3.41. The Bertz CT molecular complexity index is 1870. The minimum Gasteiger partial charge on any atom is -0.462 e. The standard InChI is InChI=1S/C89H154O5/c1-3-5-7-9-11-13-15-17-19-21-23-25-27-29-31-33-35-37-39-41-43-44-46-47-49-51-53-55-57-59-61-63-65-67-69-71-73-75-77-79-81-83-88(91)93-86-87(85-90)94-89(92)84-82-80-78-76-74-72-70-68-66-64-62-60-58-56-54-52-50-48-45-42-40-38-36-34-32-30-28-26-24-22-20-18-16-14-12-10-8-6-4-2/h5-8,11-14,17-20,23-26,30,32,36,38,42,45,87,90H,3-4,9-10,15-16,21-22,27-29,31,33-35,37,39-41,43-44,46-86H2,1-2H3/b7-5-,8-6-,13-11-,14-12-,19-17-,20-18-,25-23-,26-24-,32-30-,38-36-,45-42-. The summed E-state index contributed by atoms with van der Waals surface area (Å²) in [4.78, 5) is 24.7. The van der Waals surface area contributed by atoms with E-state index in [-0.39, 0.29) is 25.2 Å². The molecule has 0 aliphatic rings. The van der Waals surface area contributed by atoms with E-state index >= 15 is 0 Å². The number of unbranched alkanes of at least 4 members (excludes halogenated alkanes) is 45. The van der Waals surface area contributed by atoms with Gasteiger partial charge < -0.3 is 14.6 Å². The van der Waals surface area contributed by atoms with Gasteiger partial charge in [0.15, 0.2) is 6.10 Å². The van der Waals surface area contributed by atoms with Crippen LogP contribution in [0.5, 0.6) is 0 Å². The summed E-state index contributed by atoms with van der Waals surface area (Å²) in [5.41, 5.74) is 0. The first-order valence-corrected chi connectivity index (χ1v) is 40.7. The number of allylic oxidation sites excluding steroid dienone is 22. The lowest BCUT2D eigenvalue weighted by Crippen LogP contribution is -2.28. The molecule has 0 aliphatic carbocycles. The summed E-state index contributed by atoms with van der Waals surface area (Å²) in [5.74, 6) is -0.573. The molecule has 0 fully saturated rings. The molecule has 0 heterocycles. The van der Waals surface area contributed by atoms with Crippen LogP contribution in [-0.2, 0) is 19.1 Å². The smallest absolute Gasteiger partial charge is 0.306 e. The van der Waals surface area contributed by atoms with Crippen molar-refractivity contribution in [3.05, 3.63) is 134 Å². The van der Waals surface area contributed by atoms with E-state index in [0.29, 0.717) is 12.8 Å². The first kappa shape index (κ1) is 90.0. The number of carbonyl (C=O) groups excluding carboxylic acids is 2. The van der Waals surface area contributed by atoms with Gasteiger partial charge in [-0.3, -0.25) is 9.59 Å². The van der Waals surface area contributed by atoms with Crippen LogP contribution >= 0.6 is 0 Å². The summed E-state index contributed by atoms with van der Waals surface area (Å²) in [7, 11) is 0. The van der Waals surface area contributed by atoms with Gasteiger partial charge in [0.25, 0.3) is 0 Å². The third-order valence-electron chi connectivity index (χ3n) is 17.9. The maximum absolute atomic E-state index is 12.4. The molecule has 5 nitrogen and oxygen atoms in total. The number of aliphatic hydroxyl groups excluding tert-OH is 1. The zero-order chi connectivity index (χ0) is 67.5. The largest absolute Gasteiger partial charge is 0.462 e. The fraction of sp³-hybridized carbons (Fsp3) is 0.730. The maximum atomic E-state index is 12.4. The Morgan fingerprint density at radius 3 is 0.638 bits per heavy atom. The maximum Gasteiger partial charge on any atom is 0.306 e. The van der Waals surface area contributed by atoms with Crippen LogP contribution in [0.4, 0.5) is 0 Å². The number of esters is 2. The van der Waals surface area contributed by atoms with Crippen LogP contribution in [0, 0.1) is 0 Å². The minimum atomic E-state index is -0.777. The van der Waals surface area contributed by atoms with Crippen molar-refractivity contribution in [1.82, 2.24) is 0 Å². The lowest BCUT2D eigenvalue weighted by molar-refractivity contribution is -0.161. The lowest BCUT2D eigenvalue weighted by atomic mass is 10.0. The van der Waals surface area contributed by atoms with Crippen LogP contribution in [-0.4, -0.2) is 36.4 Å². The molecule has 0 radical (unpaired) electrons. The summed E-state index contributed by atoms with van der Waals surface area (Å²) >= 11 is 0. The Hall–Kier alpha value is -3.96. The van der Waals surface area contributed by atoms with Crippen molar-refractivity contribution in [2.24, 2.45) is 0 Å². The molecule has 0 rings (SSSR count). The van der Waals surface area contributed by atoms with Crippen molar-refractivity contribution >= 4 is 11.9 Å². The predicted octanol–water partition coefficient (Wildman–Crippen LogP) is 29.0. The van der Waals surface area contributed by atoms with Gasteiger partial charge in [0, 0.05) is 12.8 Å². The van der Waals surface area contributed by atoms with Crippen LogP contribution in [0.15, 0.2) is 134 Å². The molecule has 0 aromatic rings. The Morgan fingerprint density at radius 2 is 0.426 bits per heavy atom. The SMILES string of the molecule is CC/C=C\C/C=C\C/C=C\C/C=C\C/C=C\C/C=C\C/C=C\CCCCCCCCCCCCCCCCCCCC(=O)OC(CO)COC(=O)CCCCCCCCCCCCCCCCCCCCCCCCCCCCCC/C=C\C/C=C\C/C=C\C/C=C\CC. The minimum absolute atomic E-state index is 0.0646. The Morgan fingerprint density at radius 1 is 0.245 bits per heavy atom. The lowest BCUT2D eigenvalue weighted by Gasteiger charge is -2.15. The van der Waals surface area contributed by atoms with Gasteiger partial charge in [-0.15, -0.1) is 0 Å². The molecule has 5 heteroatoms. The van der Waals surface area contributed by atoms with E-state index in [1.165, 1.54) is 263 Å². The number of rotatable bonds is 75. The molecule has 0 aromatic heterocycles. The molecule has 0 saturated heterocycles. The van der Waals surface area contributed by atoms with Gasteiger partial charge in [-0.25, -0.2) is 0 Å². The highest BCUT2D eigenvalue weighted by Crippen LogP contribution is 2.19. The van der Waals surface area contributed by atoms with E-state index in [2.05, 4.69) is 148 Å². The highest BCUT2D eigenvalue weighted by Gasteiger charge is 2.16. The third-order valence-corrected chi connectivity index (χ3v) is 17.9. The average molecular weight is 1300 g/mol. The highest BCUT2D eigenvalue weighted by atomic mass is 16.6. The van der Waals surface area contributed by atoms with Crippen molar-refractivity contribution in [3.8, 4) is 0 Å². The molecule has 0 aliphatic heterocycles. The fourth-order valence-electron chi connectivity index (χ4n) is 11.9. The predicted molar refractivity (Wildman–Crippen MR) is 417 cm³/mol. The van der Waals surface area contributed by atoms with Crippen LogP contribution in [0.25, 0.3) is 0 Å². The van der Waals surface area contributed by atoms with E-state index in [0.717, 1.165) is 109 Å². The van der Waals surface area contributed by atoms with Gasteiger partial charge in [0.2, 0.25) is 0 Å². The fourth-order valence-corrected chi connectivity index (χ4v) is 11.9. The zero-order valence-corrected chi connectivity index (χ0v) is 62.2. The van der Waals surface area contributed by atoms with Crippen molar-refractivity contribution in [2.75, 3.05) is 13.2 Å². The molecule has 0 aromatic carbocycles. The number of aliphatic hydroxyl groups is 1. The molecular weight excluding hydrogens is 1150 g/mol. The van der Waals surface area contributed by atoms with Gasteiger partial charge in [0.1, 0.15) is 6.61 Å². The normalized spacial score (nSPS) is 12.9. The van der Waals surface area contributed by atoms with E-state index in [4.69, 9.17) is 9.47 Å². The second kappa shape index (κ2) is 83.3. The van der Waals surface area contributed by atoms with Crippen molar-refractivity contribution in [2.45, 2.75) is 405 Å². The second-order valence-electron chi connectivity index (χ2n) is 27.1. The van der Waals surface area contributed by atoms with Crippen molar-refractivity contribution < 1.29 is 24.2 Å². The molecule has 0 bridgehead atoms. The van der Waals surface area contributed by atoms with Gasteiger partial charge in [-0.2, -0.15) is 0 Å². The molecule has 540 valence electrons. The number of hydrogen-bond acceptors (Lipinski definition) is 5. The van der Waals surface area contributed by atoms with Crippen LogP contribution < -0.4 is 0 Å². The van der Waals surface area contributed by atoms with Crippen LogP contribution in [0.2, 0.25) is 0 Å². The molecule has 1 N–H and O–H groups in total. The van der Waals surface area contributed by atoms with E-state index in [1.807, 2.05) is 0 Å². The topological polar surface area (TPSA) is 72.8 Å². The van der Waals surface area contributed by atoms with Crippen molar-refractivity contribution in [3.63, 3.8) is 0 Å². The Kier molecular flexibility index (Phi) is 79.8. The van der Waals surface area contributed by atoms with E-state index in [9.17, 15) is 14.7 Å². The van der Waals surface area contributed by atoms with Crippen LogP contribution in [0.3, 0.4) is 0 Å². The third kappa shape index (κ3) is 80.5. The summed E-state index contributed by atoms with van der Waals surface area (Å²) in [5, 5.41) is 9.74. The molecule has 0 saturated carbocycles. The average Bonchev–Trinajstić information content (AvgIpc) is 3.65. The number of ether oxygens (including phenoxy) is 2. The summed E-state index contributed by atoms with van der Waals surface area (Å²) < 4.78 is 10.8. The van der Waals surface area contributed by atoms with Gasteiger partial charge in [-0.1, -0.05) is 411 Å². The van der Waals surface area contributed by atoms with Gasteiger partial charge >= 0.3 is 11.9 Å². The molecule has 94 heavy (non-hydrogen) atoms. The summed E-state index contributed by atoms with van der Waals surface area (Å²) in [6.07, 6.45) is 124.